The van der Waals surface area contributed by atoms with Crippen molar-refractivity contribution >= 4 is 0 Å². The molecule has 9 heteroatoms. The van der Waals surface area contributed by atoms with E-state index in [1.165, 1.54) is 0 Å². The third kappa shape index (κ3) is 4.39. The Bertz CT molecular complexity index is 444. The highest BCUT2D eigenvalue weighted by Crippen LogP contribution is 2.32. The van der Waals surface area contributed by atoms with Crippen LogP contribution in [-0.2, 0) is 21.3 Å². The molecule has 21 heavy (non-hydrogen) atoms. The van der Waals surface area contributed by atoms with Crippen molar-refractivity contribution in [3.63, 3.8) is 0 Å². The van der Waals surface area contributed by atoms with Crippen molar-refractivity contribution in [3.8, 4) is 0 Å². The number of nitrogens with two attached hydrogens (primary N) is 1. The molecule has 1 aromatic rings. The van der Waals surface area contributed by atoms with Gasteiger partial charge in [0.25, 0.3) is 0 Å². The summed E-state index contributed by atoms with van der Waals surface area (Å²) in [5.41, 5.74) is 5.42. The zero-order valence-electron chi connectivity index (χ0n) is 11.5. The second-order valence-corrected chi connectivity index (χ2v) is 5.03. The number of aromatic nitrogens is 2. The third-order valence-corrected chi connectivity index (χ3v) is 3.50. The summed E-state index contributed by atoms with van der Waals surface area (Å²) in [6, 6.07) is 0. The minimum Gasteiger partial charge on any atom is -0.381 e. The molecule has 0 aliphatic carbocycles. The fourth-order valence-electron chi connectivity index (χ4n) is 2.19. The molecule has 0 aromatic carbocycles. The van der Waals surface area contributed by atoms with Gasteiger partial charge < -0.3 is 19.7 Å². The molecule has 1 aromatic heterocycles. The summed E-state index contributed by atoms with van der Waals surface area (Å²) in [4.78, 5) is 4.24. The molecule has 0 bridgehead atoms. The van der Waals surface area contributed by atoms with Gasteiger partial charge in [0.15, 0.2) is 5.82 Å². The molecular weight excluding hydrogens is 291 g/mol. The highest BCUT2D eigenvalue weighted by atomic mass is 19.4. The van der Waals surface area contributed by atoms with Gasteiger partial charge in [0, 0.05) is 26.2 Å². The Labute approximate surface area is 119 Å². The van der Waals surface area contributed by atoms with E-state index in [0.29, 0.717) is 44.3 Å². The molecule has 1 aliphatic rings. The quantitative estimate of drug-likeness (QED) is 0.795. The van der Waals surface area contributed by atoms with Crippen molar-refractivity contribution in [2.75, 3.05) is 33.0 Å². The lowest BCUT2D eigenvalue weighted by Crippen LogP contribution is -2.40. The first kappa shape index (κ1) is 16.2. The predicted molar refractivity (Wildman–Crippen MR) is 65.7 cm³/mol. The van der Waals surface area contributed by atoms with Crippen molar-refractivity contribution in [2.45, 2.75) is 30.9 Å². The van der Waals surface area contributed by atoms with Crippen LogP contribution < -0.4 is 5.73 Å². The lowest BCUT2D eigenvalue weighted by molar-refractivity contribution is -0.173. The third-order valence-electron chi connectivity index (χ3n) is 3.50. The Morgan fingerprint density at radius 2 is 2.00 bits per heavy atom. The average Bonchev–Trinajstić information content (AvgIpc) is 2.93. The maximum Gasteiger partial charge on any atom is 0.411 e. The van der Waals surface area contributed by atoms with Gasteiger partial charge in [-0.3, -0.25) is 0 Å². The largest absolute Gasteiger partial charge is 0.411 e. The summed E-state index contributed by atoms with van der Waals surface area (Å²) in [6.07, 6.45) is -2.78. The van der Waals surface area contributed by atoms with E-state index >= 15 is 0 Å². The number of hydrogen-bond acceptors (Lipinski definition) is 6. The molecule has 1 fully saturated rings. The van der Waals surface area contributed by atoms with E-state index in [1.54, 1.807) is 0 Å². The molecule has 120 valence electrons. The summed E-state index contributed by atoms with van der Waals surface area (Å²) in [6.45, 7) is 0.120. The molecule has 2 N–H and O–H groups in total. The zero-order chi connectivity index (χ0) is 15.3. The summed E-state index contributed by atoms with van der Waals surface area (Å²) < 4.78 is 50.8. The molecule has 1 saturated heterocycles. The zero-order valence-corrected chi connectivity index (χ0v) is 11.5. The maximum absolute atomic E-state index is 11.9. The topological polar surface area (TPSA) is 83.4 Å². The van der Waals surface area contributed by atoms with E-state index in [4.69, 9.17) is 15.0 Å². The van der Waals surface area contributed by atoms with Crippen molar-refractivity contribution in [1.82, 2.24) is 10.1 Å². The van der Waals surface area contributed by atoms with Crippen LogP contribution in [0.1, 0.15) is 24.6 Å². The van der Waals surface area contributed by atoms with Crippen molar-refractivity contribution < 1.29 is 27.2 Å². The Kier molecular flexibility index (Phi) is 5.17. The van der Waals surface area contributed by atoms with Crippen molar-refractivity contribution in [2.24, 2.45) is 5.73 Å². The van der Waals surface area contributed by atoms with Gasteiger partial charge in [-0.1, -0.05) is 5.16 Å². The number of alkyl halides is 3. The van der Waals surface area contributed by atoms with Gasteiger partial charge in [-0.05, 0) is 12.8 Å². The second kappa shape index (κ2) is 6.71. The van der Waals surface area contributed by atoms with Gasteiger partial charge in [0.05, 0.1) is 12.0 Å². The number of halogens is 3. The van der Waals surface area contributed by atoms with Gasteiger partial charge in [0.2, 0.25) is 5.89 Å². The van der Waals surface area contributed by atoms with E-state index in [1.807, 2.05) is 0 Å². The SMILES string of the molecule is NCC1(c2nc(CCOCC(F)(F)F)no2)CCOCC1. The van der Waals surface area contributed by atoms with E-state index in [0.717, 1.165) is 0 Å². The Hall–Kier alpha value is -1.19. The average molecular weight is 309 g/mol. The fourth-order valence-corrected chi connectivity index (χ4v) is 2.19. The molecule has 0 radical (unpaired) electrons. The molecule has 2 rings (SSSR count). The van der Waals surface area contributed by atoms with Crippen molar-refractivity contribution in [1.29, 1.82) is 0 Å². The number of rotatable bonds is 6. The summed E-state index contributed by atoms with van der Waals surface area (Å²) in [5.74, 6) is 0.755. The van der Waals surface area contributed by atoms with Crippen LogP contribution in [0, 0.1) is 0 Å². The Morgan fingerprint density at radius 1 is 1.29 bits per heavy atom. The van der Waals surface area contributed by atoms with Crippen LogP contribution in [0.15, 0.2) is 4.52 Å². The van der Waals surface area contributed by atoms with E-state index in [9.17, 15) is 13.2 Å². The molecule has 2 heterocycles. The second-order valence-electron chi connectivity index (χ2n) is 5.03. The van der Waals surface area contributed by atoms with Gasteiger partial charge in [0.1, 0.15) is 6.61 Å². The summed E-state index contributed by atoms with van der Waals surface area (Å²) >= 11 is 0. The van der Waals surface area contributed by atoms with E-state index in [2.05, 4.69) is 14.9 Å². The van der Waals surface area contributed by atoms with E-state index in [-0.39, 0.29) is 13.0 Å². The molecule has 0 atom stereocenters. The van der Waals surface area contributed by atoms with Gasteiger partial charge in [-0.2, -0.15) is 18.2 Å². The summed E-state index contributed by atoms with van der Waals surface area (Å²) in [7, 11) is 0. The molecular formula is C12H18F3N3O3. The van der Waals surface area contributed by atoms with Gasteiger partial charge >= 0.3 is 6.18 Å². The normalized spacial score (nSPS) is 18.9. The molecule has 0 unspecified atom stereocenters. The molecule has 0 amide bonds. The molecule has 0 spiro atoms. The van der Waals surface area contributed by atoms with Gasteiger partial charge in [-0.15, -0.1) is 0 Å². The number of nitrogens with zero attached hydrogens (tertiary/aromatic N) is 2. The first-order valence-corrected chi connectivity index (χ1v) is 6.71. The lowest BCUT2D eigenvalue weighted by Gasteiger charge is -2.32. The van der Waals surface area contributed by atoms with Crippen LogP contribution >= 0.6 is 0 Å². The first-order chi connectivity index (χ1) is 9.95. The molecule has 0 saturated carbocycles. The van der Waals surface area contributed by atoms with Gasteiger partial charge in [-0.25, -0.2) is 0 Å². The van der Waals surface area contributed by atoms with E-state index < -0.39 is 18.2 Å². The lowest BCUT2D eigenvalue weighted by atomic mass is 9.80. The Balaban J connectivity index is 1.88. The van der Waals surface area contributed by atoms with Crippen LogP contribution in [0.4, 0.5) is 13.2 Å². The Morgan fingerprint density at radius 3 is 2.62 bits per heavy atom. The predicted octanol–water partition coefficient (Wildman–Crippen LogP) is 1.20. The fraction of sp³-hybridized carbons (Fsp3) is 0.833. The van der Waals surface area contributed by atoms with Crippen molar-refractivity contribution in [3.05, 3.63) is 11.7 Å². The van der Waals surface area contributed by atoms with Crippen LogP contribution in [0.2, 0.25) is 0 Å². The van der Waals surface area contributed by atoms with Crippen LogP contribution in [0.25, 0.3) is 0 Å². The molecule has 6 nitrogen and oxygen atoms in total. The summed E-state index contributed by atoms with van der Waals surface area (Å²) in [5, 5.41) is 3.77. The monoisotopic (exact) mass is 309 g/mol. The van der Waals surface area contributed by atoms with Crippen LogP contribution in [0.5, 0.6) is 0 Å². The molecule has 1 aliphatic heterocycles. The minimum atomic E-state index is -4.33. The smallest absolute Gasteiger partial charge is 0.381 e. The highest BCUT2D eigenvalue weighted by Gasteiger charge is 2.38. The van der Waals surface area contributed by atoms with Crippen LogP contribution in [-0.4, -0.2) is 49.3 Å². The number of ether oxygens (including phenoxy) is 2. The highest BCUT2D eigenvalue weighted by molar-refractivity contribution is 5.07. The minimum absolute atomic E-state index is 0.114. The standard InChI is InChI=1S/C12H18F3N3O3/c13-12(14,15)8-20-4-1-9-17-10(21-18-9)11(7-16)2-5-19-6-3-11/h1-8,16H2. The first-order valence-electron chi connectivity index (χ1n) is 6.71. The van der Waals surface area contributed by atoms with Crippen LogP contribution in [0.3, 0.4) is 0 Å². The maximum atomic E-state index is 11.9. The number of hydrogen-bond donors (Lipinski definition) is 1.